The quantitative estimate of drug-likeness (QED) is 0.307. The van der Waals surface area contributed by atoms with E-state index in [-0.39, 0.29) is 46.8 Å². The maximum atomic E-state index is 14.3. The van der Waals surface area contributed by atoms with Gasteiger partial charge in [-0.2, -0.15) is 0 Å². The molecule has 2 heterocycles. The normalized spacial score (nSPS) is 20.8. The van der Waals surface area contributed by atoms with E-state index in [0.29, 0.717) is 30.5 Å². The fraction of sp³-hybridized carbons (Fsp3) is 0.471. The first-order valence-corrected chi connectivity index (χ1v) is 17.5. The molecule has 1 aromatic heterocycles. The van der Waals surface area contributed by atoms with E-state index in [9.17, 15) is 18.3 Å². The smallest absolute Gasteiger partial charge is 0.261 e. The molecule has 0 fully saturated rings. The SMILES string of the molecule is C[C@@H]1CN([C@H](C)CO)C(=O)c2cc(NS(=O)(=O)c3ccc(Cl)cc3)ccc2O[C@@H](C)CCCCO[C@@H]1CN(C)Cc1ccncc1. The summed E-state index contributed by atoms with van der Waals surface area (Å²) in [5, 5.41) is 10.6. The van der Waals surface area contributed by atoms with Crippen molar-refractivity contribution < 1.29 is 27.8 Å². The molecule has 2 aromatic carbocycles. The highest BCUT2D eigenvalue weighted by atomic mass is 35.5. The van der Waals surface area contributed by atoms with Gasteiger partial charge in [0.2, 0.25) is 0 Å². The summed E-state index contributed by atoms with van der Waals surface area (Å²) in [5.41, 5.74) is 1.56. The Morgan fingerprint density at radius 3 is 2.52 bits per heavy atom. The van der Waals surface area contributed by atoms with Crippen molar-refractivity contribution in [3.8, 4) is 5.75 Å². The number of carbonyl (C=O) groups is 1. The summed E-state index contributed by atoms with van der Waals surface area (Å²) in [6.45, 7) is 7.80. The summed E-state index contributed by atoms with van der Waals surface area (Å²) in [6.07, 6.45) is 5.67. The van der Waals surface area contributed by atoms with Gasteiger partial charge in [0.25, 0.3) is 15.9 Å². The Balaban J connectivity index is 1.64. The highest BCUT2D eigenvalue weighted by Crippen LogP contribution is 2.30. The number of nitrogens with zero attached hydrogens (tertiary/aromatic N) is 3. The highest BCUT2D eigenvalue weighted by Gasteiger charge is 2.30. The number of hydrogen-bond donors (Lipinski definition) is 2. The van der Waals surface area contributed by atoms with Crippen molar-refractivity contribution in [1.29, 1.82) is 0 Å². The van der Waals surface area contributed by atoms with Crippen molar-refractivity contribution in [3.63, 3.8) is 0 Å². The van der Waals surface area contributed by atoms with E-state index in [2.05, 4.69) is 21.5 Å². The van der Waals surface area contributed by atoms with Crippen molar-refractivity contribution in [2.24, 2.45) is 5.92 Å². The molecule has 4 rings (SSSR count). The predicted octanol–water partition coefficient (Wildman–Crippen LogP) is 5.46. The molecule has 12 heteroatoms. The Bertz CT molecular complexity index is 1530. The zero-order chi connectivity index (χ0) is 33.3. The Kier molecular flexibility index (Phi) is 12.8. The van der Waals surface area contributed by atoms with Crippen LogP contribution in [-0.4, -0.2) is 85.8 Å². The fourth-order valence-electron chi connectivity index (χ4n) is 5.45. The number of likely N-dealkylation sites (N-methyl/N-ethyl adjacent to an activating group) is 1. The monoisotopic (exact) mass is 672 g/mol. The van der Waals surface area contributed by atoms with Crippen LogP contribution in [0, 0.1) is 5.92 Å². The van der Waals surface area contributed by atoms with Gasteiger partial charge >= 0.3 is 0 Å². The molecule has 10 nitrogen and oxygen atoms in total. The highest BCUT2D eigenvalue weighted by molar-refractivity contribution is 7.92. The Labute approximate surface area is 277 Å². The fourth-order valence-corrected chi connectivity index (χ4v) is 6.62. The minimum atomic E-state index is -3.96. The number of fused-ring (bicyclic) bond motifs is 1. The average molecular weight is 673 g/mol. The van der Waals surface area contributed by atoms with Gasteiger partial charge in [-0.3, -0.25) is 19.4 Å². The van der Waals surface area contributed by atoms with Gasteiger partial charge < -0.3 is 19.5 Å². The second kappa shape index (κ2) is 16.6. The number of nitrogens with one attached hydrogen (secondary N) is 1. The van der Waals surface area contributed by atoms with Gasteiger partial charge in [0, 0.05) is 55.3 Å². The largest absolute Gasteiger partial charge is 0.490 e. The van der Waals surface area contributed by atoms with E-state index in [1.807, 2.05) is 26.1 Å². The molecule has 4 atom stereocenters. The Hall–Kier alpha value is -3.22. The summed E-state index contributed by atoms with van der Waals surface area (Å²) in [6, 6.07) is 14.0. The minimum Gasteiger partial charge on any atom is -0.490 e. The van der Waals surface area contributed by atoms with Crippen molar-refractivity contribution in [2.45, 2.75) is 69.7 Å². The molecular formula is C34H45ClN4O6S. The van der Waals surface area contributed by atoms with Crippen molar-refractivity contribution in [2.75, 3.05) is 38.1 Å². The third-order valence-electron chi connectivity index (χ3n) is 8.12. The van der Waals surface area contributed by atoms with E-state index in [1.165, 1.54) is 30.3 Å². The van der Waals surface area contributed by atoms with Gasteiger partial charge in [-0.1, -0.05) is 18.5 Å². The van der Waals surface area contributed by atoms with Crippen LogP contribution in [0.25, 0.3) is 0 Å². The molecule has 3 aromatic rings. The zero-order valence-electron chi connectivity index (χ0n) is 26.9. The number of halogens is 1. The number of hydrogen-bond acceptors (Lipinski definition) is 8. The van der Waals surface area contributed by atoms with Gasteiger partial charge in [0.15, 0.2) is 0 Å². The lowest BCUT2D eigenvalue weighted by atomic mass is 10.0. The Morgan fingerprint density at radius 2 is 1.83 bits per heavy atom. The van der Waals surface area contributed by atoms with Gasteiger partial charge in [-0.05, 0) is 100 Å². The molecule has 0 unspecified atom stereocenters. The first-order chi connectivity index (χ1) is 22.0. The molecular weight excluding hydrogens is 628 g/mol. The molecule has 0 spiro atoms. The predicted molar refractivity (Wildman–Crippen MR) is 180 cm³/mol. The van der Waals surface area contributed by atoms with E-state index in [1.54, 1.807) is 36.4 Å². The first-order valence-electron chi connectivity index (χ1n) is 15.7. The van der Waals surface area contributed by atoms with Crippen LogP contribution in [0.4, 0.5) is 5.69 Å². The van der Waals surface area contributed by atoms with Crippen LogP contribution in [-0.2, 0) is 21.3 Å². The maximum Gasteiger partial charge on any atom is 0.261 e. The molecule has 1 aliphatic rings. The number of pyridine rings is 1. The lowest BCUT2D eigenvalue weighted by Gasteiger charge is -2.36. The van der Waals surface area contributed by atoms with E-state index in [0.717, 1.165) is 31.4 Å². The number of sulfonamides is 1. The number of carbonyl (C=O) groups excluding carboxylic acids is 1. The second-order valence-electron chi connectivity index (χ2n) is 12.1. The molecule has 0 aliphatic carbocycles. The number of anilines is 1. The van der Waals surface area contributed by atoms with Crippen molar-refractivity contribution >= 4 is 33.2 Å². The van der Waals surface area contributed by atoms with Gasteiger partial charge in [0.1, 0.15) is 5.75 Å². The van der Waals surface area contributed by atoms with Gasteiger partial charge in [-0.15, -0.1) is 0 Å². The number of aromatic nitrogens is 1. The molecule has 0 bridgehead atoms. The number of amides is 1. The lowest BCUT2D eigenvalue weighted by Crippen LogP contribution is -2.47. The third kappa shape index (κ3) is 9.89. The number of rotatable bonds is 9. The average Bonchev–Trinajstić information content (AvgIpc) is 3.03. The summed E-state index contributed by atoms with van der Waals surface area (Å²) >= 11 is 5.95. The van der Waals surface area contributed by atoms with Crippen LogP contribution < -0.4 is 9.46 Å². The van der Waals surface area contributed by atoms with Crippen LogP contribution in [0.1, 0.15) is 56.0 Å². The lowest BCUT2D eigenvalue weighted by molar-refractivity contribution is -0.0177. The van der Waals surface area contributed by atoms with Crippen molar-refractivity contribution in [1.82, 2.24) is 14.8 Å². The van der Waals surface area contributed by atoms with Crippen LogP contribution >= 0.6 is 11.6 Å². The molecule has 250 valence electrons. The summed E-state index contributed by atoms with van der Waals surface area (Å²) < 4.78 is 41.6. The van der Waals surface area contributed by atoms with E-state index in [4.69, 9.17) is 21.1 Å². The molecule has 2 N–H and O–H groups in total. The topological polar surface area (TPSA) is 121 Å². The summed E-state index contributed by atoms with van der Waals surface area (Å²) in [5.74, 6) is -0.101. The molecule has 0 saturated heterocycles. The summed E-state index contributed by atoms with van der Waals surface area (Å²) in [7, 11) is -1.91. The van der Waals surface area contributed by atoms with Gasteiger partial charge in [0.05, 0.1) is 35.3 Å². The van der Waals surface area contributed by atoms with Crippen LogP contribution in [0.15, 0.2) is 71.9 Å². The first kappa shape index (κ1) is 35.6. The van der Waals surface area contributed by atoms with Gasteiger partial charge in [-0.25, -0.2) is 8.42 Å². The second-order valence-corrected chi connectivity index (χ2v) is 14.2. The minimum absolute atomic E-state index is 0.0393. The number of benzene rings is 2. The standard InChI is InChI=1S/C34H45ClN4O6S/c1-24-20-39(25(2)23-40)34(41)31-19-29(37-46(42,43)30-11-8-28(35)9-12-30)10-13-32(31)45-26(3)7-5-6-18-44-33(24)22-38(4)21-27-14-16-36-17-15-27/h8-17,19,24-26,33,37,40H,5-7,18,20-23H2,1-4H3/t24-,25-,26+,33-/m1/s1. The molecule has 0 saturated carbocycles. The van der Waals surface area contributed by atoms with Crippen molar-refractivity contribution in [3.05, 3.63) is 83.1 Å². The summed E-state index contributed by atoms with van der Waals surface area (Å²) in [4.78, 5) is 22.3. The molecule has 1 amide bonds. The van der Waals surface area contributed by atoms with Crippen LogP contribution in [0.3, 0.4) is 0 Å². The van der Waals surface area contributed by atoms with E-state index < -0.39 is 16.1 Å². The van der Waals surface area contributed by atoms with E-state index >= 15 is 0 Å². The molecule has 1 aliphatic heterocycles. The van der Waals surface area contributed by atoms with Crippen LogP contribution in [0.5, 0.6) is 5.75 Å². The van der Waals surface area contributed by atoms with Crippen LogP contribution in [0.2, 0.25) is 5.02 Å². The molecule has 46 heavy (non-hydrogen) atoms. The third-order valence-corrected chi connectivity index (χ3v) is 9.77. The Morgan fingerprint density at radius 1 is 1.11 bits per heavy atom. The molecule has 0 radical (unpaired) electrons. The maximum absolute atomic E-state index is 14.3. The number of ether oxygens (including phenoxy) is 2. The number of aliphatic hydroxyl groups excluding tert-OH is 1. The zero-order valence-corrected chi connectivity index (χ0v) is 28.5. The number of aliphatic hydroxyl groups is 1.